The summed E-state index contributed by atoms with van der Waals surface area (Å²) in [6.45, 7) is 2.42. The number of aliphatic hydroxyl groups excluding tert-OH is 1. The first kappa shape index (κ1) is 12.4. The van der Waals surface area contributed by atoms with Crippen LogP contribution >= 0.6 is 11.8 Å². The predicted molar refractivity (Wildman–Crippen MR) is 65.5 cm³/mol. The predicted octanol–water partition coefficient (Wildman–Crippen LogP) is 2.70. The monoisotopic (exact) mass is 226 g/mol. The third-order valence-corrected chi connectivity index (χ3v) is 3.53. The van der Waals surface area contributed by atoms with Gasteiger partial charge in [0.2, 0.25) is 0 Å². The van der Waals surface area contributed by atoms with Crippen LogP contribution in [-0.2, 0) is 5.75 Å². The van der Waals surface area contributed by atoms with Crippen molar-refractivity contribution in [2.75, 3.05) is 13.7 Å². The second kappa shape index (κ2) is 6.75. The van der Waals surface area contributed by atoms with Crippen LogP contribution in [0.4, 0.5) is 0 Å². The summed E-state index contributed by atoms with van der Waals surface area (Å²) in [7, 11) is 1.67. The van der Waals surface area contributed by atoms with Gasteiger partial charge in [-0.05, 0) is 24.1 Å². The van der Waals surface area contributed by atoms with Gasteiger partial charge in [0.1, 0.15) is 5.75 Å². The number of thioether (sulfide) groups is 1. The Hall–Kier alpha value is -0.670. The van der Waals surface area contributed by atoms with Gasteiger partial charge in [-0.3, -0.25) is 0 Å². The molecule has 0 amide bonds. The highest BCUT2D eigenvalue weighted by atomic mass is 32.2. The van der Waals surface area contributed by atoms with E-state index in [-0.39, 0.29) is 6.61 Å². The molecule has 0 bridgehead atoms. The molecule has 3 heteroatoms. The van der Waals surface area contributed by atoms with Crippen LogP contribution < -0.4 is 4.74 Å². The zero-order valence-electron chi connectivity index (χ0n) is 9.27. The summed E-state index contributed by atoms with van der Waals surface area (Å²) in [5, 5.41) is 9.28. The van der Waals surface area contributed by atoms with Crippen molar-refractivity contribution in [2.24, 2.45) is 0 Å². The molecule has 1 unspecified atom stereocenters. The fourth-order valence-corrected chi connectivity index (χ4v) is 2.17. The van der Waals surface area contributed by atoms with Crippen molar-refractivity contribution in [1.82, 2.24) is 0 Å². The molecule has 84 valence electrons. The van der Waals surface area contributed by atoms with Crippen LogP contribution in [0, 0.1) is 0 Å². The van der Waals surface area contributed by atoms with Gasteiger partial charge < -0.3 is 9.84 Å². The normalized spacial score (nSPS) is 12.5. The third kappa shape index (κ3) is 4.58. The molecule has 1 N–H and O–H groups in total. The minimum absolute atomic E-state index is 0.275. The highest BCUT2D eigenvalue weighted by Gasteiger charge is 2.02. The smallest absolute Gasteiger partial charge is 0.118 e. The highest BCUT2D eigenvalue weighted by molar-refractivity contribution is 7.99. The van der Waals surface area contributed by atoms with Gasteiger partial charge in [0, 0.05) is 17.6 Å². The lowest BCUT2D eigenvalue weighted by Crippen LogP contribution is -1.99. The molecule has 1 aromatic rings. The SMILES string of the molecule is COc1ccc(CSC(C)CCO)cc1. The van der Waals surface area contributed by atoms with Crippen molar-refractivity contribution >= 4 is 11.8 Å². The largest absolute Gasteiger partial charge is 0.497 e. The maximum atomic E-state index is 8.77. The van der Waals surface area contributed by atoms with Gasteiger partial charge in [-0.25, -0.2) is 0 Å². The lowest BCUT2D eigenvalue weighted by atomic mass is 10.2. The number of benzene rings is 1. The molecule has 0 heterocycles. The van der Waals surface area contributed by atoms with E-state index >= 15 is 0 Å². The number of hydrogen-bond acceptors (Lipinski definition) is 3. The van der Waals surface area contributed by atoms with E-state index in [1.165, 1.54) is 5.56 Å². The molecule has 0 radical (unpaired) electrons. The van der Waals surface area contributed by atoms with E-state index in [1.807, 2.05) is 23.9 Å². The second-order valence-electron chi connectivity index (χ2n) is 3.48. The van der Waals surface area contributed by atoms with E-state index in [9.17, 15) is 0 Å². The number of rotatable bonds is 6. The van der Waals surface area contributed by atoms with E-state index in [0.29, 0.717) is 5.25 Å². The van der Waals surface area contributed by atoms with Crippen LogP contribution in [0.2, 0.25) is 0 Å². The summed E-state index contributed by atoms with van der Waals surface area (Å²) in [6, 6.07) is 8.12. The number of hydrogen-bond donors (Lipinski definition) is 1. The molecule has 1 rings (SSSR count). The van der Waals surface area contributed by atoms with E-state index < -0.39 is 0 Å². The van der Waals surface area contributed by atoms with E-state index in [0.717, 1.165) is 17.9 Å². The summed E-state index contributed by atoms with van der Waals surface area (Å²) in [4.78, 5) is 0. The average molecular weight is 226 g/mol. The molecule has 0 aliphatic carbocycles. The molecule has 0 saturated heterocycles. The van der Waals surface area contributed by atoms with Crippen molar-refractivity contribution in [1.29, 1.82) is 0 Å². The second-order valence-corrected chi connectivity index (χ2v) is 4.91. The van der Waals surface area contributed by atoms with Gasteiger partial charge in [0.25, 0.3) is 0 Å². The molecule has 2 nitrogen and oxygen atoms in total. The number of methoxy groups -OCH3 is 1. The molecule has 0 aliphatic heterocycles. The molecule has 0 spiro atoms. The maximum absolute atomic E-state index is 8.77. The first-order valence-corrected chi connectivity index (χ1v) is 6.16. The molecule has 0 aromatic heterocycles. The molecule has 1 aromatic carbocycles. The Bertz CT molecular complexity index is 271. The summed E-state index contributed by atoms with van der Waals surface area (Å²) in [6.07, 6.45) is 0.862. The molecule has 0 aliphatic rings. The Morgan fingerprint density at radius 2 is 2.00 bits per heavy atom. The van der Waals surface area contributed by atoms with Crippen LogP contribution in [-0.4, -0.2) is 24.1 Å². The molecule has 0 fully saturated rings. The van der Waals surface area contributed by atoms with Crippen molar-refractivity contribution < 1.29 is 9.84 Å². The van der Waals surface area contributed by atoms with E-state index in [2.05, 4.69) is 19.1 Å². The van der Waals surface area contributed by atoms with Gasteiger partial charge in [0.05, 0.1) is 7.11 Å². The Labute approximate surface area is 95.7 Å². The van der Waals surface area contributed by atoms with Crippen LogP contribution in [0.3, 0.4) is 0 Å². The van der Waals surface area contributed by atoms with Gasteiger partial charge in [0.15, 0.2) is 0 Å². The van der Waals surface area contributed by atoms with Crippen molar-refractivity contribution in [3.63, 3.8) is 0 Å². The van der Waals surface area contributed by atoms with Gasteiger partial charge in [-0.15, -0.1) is 0 Å². The first-order chi connectivity index (χ1) is 7.26. The van der Waals surface area contributed by atoms with Crippen LogP contribution in [0.1, 0.15) is 18.9 Å². The fourth-order valence-electron chi connectivity index (χ4n) is 1.23. The molecule has 1 atom stereocenters. The Morgan fingerprint density at radius 3 is 2.53 bits per heavy atom. The minimum atomic E-state index is 0.275. The summed E-state index contributed by atoms with van der Waals surface area (Å²) >= 11 is 1.87. The topological polar surface area (TPSA) is 29.5 Å². The van der Waals surface area contributed by atoms with Gasteiger partial charge >= 0.3 is 0 Å². The maximum Gasteiger partial charge on any atom is 0.118 e. The van der Waals surface area contributed by atoms with E-state index in [4.69, 9.17) is 9.84 Å². The van der Waals surface area contributed by atoms with Crippen molar-refractivity contribution in [3.8, 4) is 5.75 Å². The van der Waals surface area contributed by atoms with Crippen molar-refractivity contribution in [2.45, 2.75) is 24.3 Å². The number of aliphatic hydroxyl groups is 1. The van der Waals surface area contributed by atoms with E-state index in [1.54, 1.807) is 7.11 Å². The summed E-state index contributed by atoms with van der Waals surface area (Å²) in [5.74, 6) is 1.89. The molecular weight excluding hydrogens is 208 g/mol. The summed E-state index contributed by atoms with van der Waals surface area (Å²) < 4.78 is 5.09. The molecule has 0 saturated carbocycles. The fraction of sp³-hybridized carbons (Fsp3) is 0.500. The zero-order chi connectivity index (χ0) is 11.1. The first-order valence-electron chi connectivity index (χ1n) is 5.11. The van der Waals surface area contributed by atoms with Crippen molar-refractivity contribution in [3.05, 3.63) is 29.8 Å². The quantitative estimate of drug-likeness (QED) is 0.808. The molecular formula is C12H18O2S. The standard InChI is InChI=1S/C12H18O2S/c1-10(7-8-13)15-9-11-3-5-12(14-2)6-4-11/h3-6,10,13H,7-9H2,1-2H3. The van der Waals surface area contributed by atoms with Gasteiger partial charge in [-0.2, -0.15) is 11.8 Å². The lowest BCUT2D eigenvalue weighted by molar-refractivity contribution is 0.289. The average Bonchev–Trinajstić information content (AvgIpc) is 2.27. The van der Waals surface area contributed by atoms with Crippen LogP contribution in [0.5, 0.6) is 5.75 Å². The minimum Gasteiger partial charge on any atom is -0.497 e. The lowest BCUT2D eigenvalue weighted by Gasteiger charge is -2.09. The number of ether oxygens (including phenoxy) is 1. The van der Waals surface area contributed by atoms with Crippen LogP contribution in [0.15, 0.2) is 24.3 Å². The Kier molecular flexibility index (Phi) is 5.58. The molecule has 15 heavy (non-hydrogen) atoms. The van der Waals surface area contributed by atoms with Crippen LogP contribution in [0.25, 0.3) is 0 Å². The Balaban J connectivity index is 2.37. The zero-order valence-corrected chi connectivity index (χ0v) is 10.1. The summed E-state index contributed by atoms with van der Waals surface area (Å²) in [5.41, 5.74) is 1.30. The highest BCUT2D eigenvalue weighted by Crippen LogP contribution is 2.21. The Morgan fingerprint density at radius 1 is 1.33 bits per heavy atom. The van der Waals surface area contributed by atoms with Gasteiger partial charge in [-0.1, -0.05) is 19.1 Å². The third-order valence-electron chi connectivity index (χ3n) is 2.23.